The number of pyridine rings is 1. The second-order valence-corrected chi connectivity index (χ2v) is 5.78. The molecule has 6 heteroatoms. The Balaban J connectivity index is 1.56. The SMILES string of the molecule is O=C(CCc1ccc(Cl)cc1)NCc1cccnc1-n1cccn1. The van der Waals surface area contributed by atoms with Gasteiger partial charge in [-0.1, -0.05) is 29.8 Å². The maximum absolute atomic E-state index is 12.1. The predicted octanol–water partition coefficient (Wildman–Crippen LogP) is 3.17. The minimum absolute atomic E-state index is 0.000202. The number of nitrogens with one attached hydrogen (secondary N) is 1. The van der Waals surface area contributed by atoms with E-state index in [1.54, 1.807) is 17.1 Å². The van der Waals surface area contributed by atoms with Crippen LogP contribution in [0.4, 0.5) is 0 Å². The van der Waals surface area contributed by atoms with Gasteiger partial charge in [0.25, 0.3) is 0 Å². The molecule has 0 aliphatic carbocycles. The van der Waals surface area contributed by atoms with Crippen molar-refractivity contribution >= 4 is 17.5 Å². The Morgan fingerprint density at radius 2 is 1.96 bits per heavy atom. The molecule has 0 unspecified atom stereocenters. The quantitative estimate of drug-likeness (QED) is 0.749. The predicted molar refractivity (Wildman–Crippen MR) is 93.0 cm³/mol. The van der Waals surface area contributed by atoms with E-state index < -0.39 is 0 Å². The third-order valence-corrected chi connectivity index (χ3v) is 3.87. The average Bonchev–Trinajstić information content (AvgIpc) is 3.14. The highest BCUT2D eigenvalue weighted by atomic mass is 35.5. The van der Waals surface area contributed by atoms with Gasteiger partial charge in [-0.2, -0.15) is 5.10 Å². The van der Waals surface area contributed by atoms with Crippen LogP contribution in [0.25, 0.3) is 5.82 Å². The van der Waals surface area contributed by atoms with Crippen molar-refractivity contribution in [2.24, 2.45) is 0 Å². The lowest BCUT2D eigenvalue weighted by molar-refractivity contribution is -0.121. The minimum Gasteiger partial charge on any atom is -0.352 e. The number of carbonyl (C=O) groups is 1. The number of hydrogen-bond acceptors (Lipinski definition) is 3. The number of hydrogen-bond donors (Lipinski definition) is 1. The Morgan fingerprint density at radius 3 is 2.71 bits per heavy atom. The summed E-state index contributed by atoms with van der Waals surface area (Å²) in [5.41, 5.74) is 2.01. The molecule has 2 aromatic heterocycles. The first-order chi connectivity index (χ1) is 11.7. The third-order valence-electron chi connectivity index (χ3n) is 3.62. The number of amides is 1. The van der Waals surface area contributed by atoms with Gasteiger partial charge in [-0.3, -0.25) is 4.79 Å². The smallest absolute Gasteiger partial charge is 0.220 e. The van der Waals surface area contributed by atoms with Gasteiger partial charge in [0.1, 0.15) is 0 Å². The summed E-state index contributed by atoms with van der Waals surface area (Å²) < 4.78 is 1.69. The summed E-state index contributed by atoms with van der Waals surface area (Å²) in [5, 5.41) is 7.82. The van der Waals surface area contributed by atoms with Gasteiger partial charge in [0, 0.05) is 42.1 Å². The Bertz CT molecular complexity index is 800. The molecule has 2 heterocycles. The van der Waals surface area contributed by atoms with Crippen molar-refractivity contribution in [1.29, 1.82) is 0 Å². The molecule has 1 N–H and O–H groups in total. The molecule has 0 aliphatic heterocycles. The topological polar surface area (TPSA) is 59.8 Å². The number of carbonyl (C=O) groups excluding carboxylic acids is 1. The van der Waals surface area contributed by atoms with Crippen LogP contribution in [0.5, 0.6) is 0 Å². The summed E-state index contributed by atoms with van der Waals surface area (Å²) in [7, 11) is 0. The van der Waals surface area contributed by atoms with Crippen molar-refractivity contribution in [3.8, 4) is 5.82 Å². The van der Waals surface area contributed by atoms with Crippen LogP contribution in [0.3, 0.4) is 0 Å². The summed E-state index contributed by atoms with van der Waals surface area (Å²) in [6.07, 6.45) is 6.35. The molecule has 0 saturated carbocycles. The Hall–Kier alpha value is -2.66. The molecule has 122 valence electrons. The van der Waals surface area contributed by atoms with Crippen molar-refractivity contribution in [1.82, 2.24) is 20.1 Å². The molecule has 0 bridgehead atoms. The molecule has 3 aromatic rings. The number of benzene rings is 1. The van der Waals surface area contributed by atoms with Crippen molar-refractivity contribution in [3.05, 3.63) is 77.2 Å². The van der Waals surface area contributed by atoms with E-state index in [-0.39, 0.29) is 5.91 Å². The lowest BCUT2D eigenvalue weighted by Gasteiger charge is -2.10. The molecule has 1 amide bonds. The van der Waals surface area contributed by atoms with Crippen molar-refractivity contribution in [2.75, 3.05) is 0 Å². The van der Waals surface area contributed by atoms with Crippen LogP contribution in [0.15, 0.2) is 61.1 Å². The maximum atomic E-state index is 12.1. The van der Waals surface area contributed by atoms with Crippen LogP contribution < -0.4 is 5.32 Å². The van der Waals surface area contributed by atoms with E-state index in [0.717, 1.165) is 16.9 Å². The fourth-order valence-corrected chi connectivity index (χ4v) is 2.49. The molecular formula is C18H17ClN4O. The maximum Gasteiger partial charge on any atom is 0.220 e. The molecule has 0 spiro atoms. The molecular weight excluding hydrogens is 324 g/mol. The average molecular weight is 341 g/mol. The molecule has 0 saturated heterocycles. The van der Waals surface area contributed by atoms with Gasteiger partial charge < -0.3 is 5.32 Å². The molecule has 5 nitrogen and oxygen atoms in total. The summed E-state index contributed by atoms with van der Waals surface area (Å²) in [6, 6.07) is 13.2. The van der Waals surface area contributed by atoms with E-state index in [0.29, 0.717) is 24.4 Å². The summed E-state index contributed by atoms with van der Waals surface area (Å²) in [5.74, 6) is 0.723. The first-order valence-corrected chi connectivity index (χ1v) is 8.05. The number of aromatic nitrogens is 3. The molecule has 1 aromatic carbocycles. The van der Waals surface area contributed by atoms with E-state index in [2.05, 4.69) is 15.4 Å². The highest BCUT2D eigenvalue weighted by Gasteiger charge is 2.08. The highest BCUT2D eigenvalue weighted by Crippen LogP contribution is 2.12. The Labute approximate surface area is 145 Å². The highest BCUT2D eigenvalue weighted by molar-refractivity contribution is 6.30. The minimum atomic E-state index is 0.000202. The number of aryl methyl sites for hydroxylation is 1. The summed E-state index contributed by atoms with van der Waals surface area (Å²) >= 11 is 5.86. The van der Waals surface area contributed by atoms with Crippen molar-refractivity contribution in [2.45, 2.75) is 19.4 Å². The van der Waals surface area contributed by atoms with E-state index >= 15 is 0 Å². The lowest BCUT2D eigenvalue weighted by atomic mass is 10.1. The standard InChI is InChI=1S/C18H17ClN4O/c19-16-7-4-14(5-8-16)6-9-17(24)21-13-15-3-1-10-20-18(15)23-12-2-11-22-23/h1-5,7-8,10-12H,6,9,13H2,(H,21,24). The second kappa shape index (κ2) is 7.75. The number of halogens is 1. The van der Waals surface area contributed by atoms with E-state index in [1.165, 1.54) is 0 Å². The fraction of sp³-hybridized carbons (Fsp3) is 0.167. The van der Waals surface area contributed by atoms with Crippen molar-refractivity contribution < 1.29 is 4.79 Å². The van der Waals surface area contributed by atoms with Crippen LogP contribution in [0, 0.1) is 0 Å². The lowest BCUT2D eigenvalue weighted by Crippen LogP contribution is -2.24. The zero-order valence-corrected chi connectivity index (χ0v) is 13.8. The van der Waals surface area contributed by atoms with Crippen LogP contribution in [0.1, 0.15) is 17.5 Å². The fourth-order valence-electron chi connectivity index (χ4n) is 2.36. The van der Waals surface area contributed by atoms with E-state index in [4.69, 9.17) is 11.6 Å². The molecule has 0 aliphatic rings. The van der Waals surface area contributed by atoms with Gasteiger partial charge in [-0.05, 0) is 36.2 Å². The molecule has 24 heavy (non-hydrogen) atoms. The number of rotatable bonds is 6. The van der Waals surface area contributed by atoms with Crippen LogP contribution in [-0.4, -0.2) is 20.7 Å². The van der Waals surface area contributed by atoms with Crippen molar-refractivity contribution in [3.63, 3.8) is 0 Å². The molecule has 0 fully saturated rings. The van der Waals surface area contributed by atoms with Crippen LogP contribution in [-0.2, 0) is 17.8 Å². The van der Waals surface area contributed by atoms with E-state index in [9.17, 15) is 4.79 Å². The molecule has 3 rings (SSSR count). The van der Waals surface area contributed by atoms with Gasteiger partial charge in [0.05, 0.1) is 0 Å². The van der Waals surface area contributed by atoms with Crippen LogP contribution in [0.2, 0.25) is 5.02 Å². The largest absolute Gasteiger partial charge is 0.352 e. The first-order valence-electron chi connectivity index (χ1n) is 7.67. The van der Waals surface area contributed by atoms with Crippen LogP contribution >= 0.6 is 11.6 Å². The summed E-state index contributed by atoms with van der Waals surface area (Å²) in [6.45, 7) is 0.419. The second-order valence-electron chi connectivity index (χ2n) is 5.34. The van der Waals surface area contributed by atoms with Gasteiger partial charge in [-0.15, -0.1) is 0 Å². The zero-order valence-electron chi connectivity index (χ0n) is 13.0. The Morgan fingerprint density at radius 1 is 1.12 bits per heavy atom. The van der Waals surface area contributed by atoms with Gasteiger partial charge in [0.15, 0.2) is 5.82 Å². The van der Waals surface area contributed by atoms with Gasteiger partial charge >= 0.3 is 0 Å². The summed E-state index contributed by atoms with van der Waals surface area (Å²) in [4.78, 5) is 16.4. The normalized spacial score (nSPS) is 10.5. The third kappa shape index (κ3) is 4.20. The van der Waals surface area contributed by atoms with Gasteiger partial charge in [-0.25, -0.2) is 9.67 Å². The number of nitrogens with zero attached hydrogens (tertiary/aromatic N) is 3. The molecule has 0 radical (unpaired) electrons. The monoisotopic (exact) mass is 340 g/mol. The van der Waals surface area contributed by atoms with E-state index in [1.807, 2.05) is 48.7 Å². The zero-order chi connectivity index (χ0) is 16.8. The first kappa shape index (κ1) is 16.2. The molecule has 0 atom stereocenters. The van der Waals surface area contributed by atoms with Gasteiger partial charge in [0.2, 0.25) is 5.91 Å². The Kier molecular flexibility index (Phi) is 5.23.